The van der Waals surface area contributed by atoms with Crippen LogP contribution in [0.5, 0.6) is 5.75 Å². The highest BCUT2D eigenvalue weighted by molar-refractivity contribution is 5.85. The Morgan fingerprint density at radius 2 is 2.05 bits per heavy atom. The Hall–Kier alpha value is -2.04. The molecule has 2 rings (SSSR count). The molecule has 0 saturated carbocycles. The summed E-state index contributed by atoms with van der Waals surface area (Å²) in [5.41, 5.74) is 1.15. The Morgan fingerprint density at radius 3 is 2.64 bits per heavy atom. The van der Waals surface area contributed by atoms with Crippen molar-refractivity contribution in [3.63, 3.8) is 0 Å². The molecule has 1 aromatic carbocycles. The number of rotatable bonds is 7. The molecule has 5 heteroatoms. The molecule has 1 N–H and O–H groups in total. The monoisotopic (exact) mass is 304 g/mol. The standard InChI is InChI=1S/C17H24N2O3/c1-13(2)22-15-7-5-14(6-8-15)9-10-18-16(20)12-19-11-3-4-17(19)21/h5-8,13H,3-4,9-12H2,1-2H3,(H,18,20). The first-order valence-electron chi connectivity index (χ1n) is 7.84. The molecule has 1 heterocycles. The Kier molecular flexibility index (Phi) is 5.81. The summed E-state index contributed by atoms with van der Waals surface area (Å²) in [5.74, 6) is 0.848. The van der Waals surface area contributed by atoms with Crippen molar-refractivity contribution in [1.29, 1.82) is 0 Å². The van der Waals surface area contributed by atoms with Crippen molar-refractivity contribution in [2.75, 3.05) is 19.6 Å². The van der Waals surface area contributed by atoms with Crippen molar-refractivity contribution in [1.82, 2.24) is 10.2 Å². The van der Waals surface area contributed by atoms with Crippen LogP contribution in [0.1, 0.15) is 32.3 Å². The number of hydrogen-bond acceptors (Lipinski definition) is 3. The Morgan fingerprint density at radius 1 is 1.32 bits per heavy atom. The van der Waals surface area contributed by atoms with Gasteiger partial charge >= 0.3 is 0 Å². The van der Waals surface area contributed by atoms with E-state index in [9.17, 15) is 9.59 Å². The zero-order valence-corrected chi connectivity index (χ0v) is 13.3. The van der Waals surface area contributed by atoms with Crippen LogP contribution >= 0.6 is 0 Å². The van der Waals surface area contributed by atoms with Gasteiger partial charge in [-0.2, -0.15) is 0 Å². The highest BCUT2D eigenvalue weighted by Gasteiger charge is 2.21. The van der Waals surface area contributed by atoms with Crippen LogP contribution in [0, 0.1) is 0 Å². The normalized spacial score (nSPS) is 14.5. The highest BCUT2D eigenvalue weighted by Crippen LogP contribution is 2.14. The van der Waals surface area contributed by atoms with Crippen LogP contribution in [0.25, 0.3) is 0 Å². The maximum absolute atomic E-state index is 11.8. The van der Waals surface area contributed by atoms with E-state index in [2.05, 4.69) is 5.32 Å². The Balaban J connectivity index is 1.69. The summed E-state index contributed by atoms with van der Waals surface area (Å²) in [7, 11) is 0. The maximum atomic E-state index is 11.8. The number of benzene rings is 1. The minimum absolute atomic E-state index is 0.0795. The molecule has 2 amide bonds. The van der Waals surface area contributed by atoms with Gasteiger partial charge in [0.1, 0.15) is 5.75 Å². The fraction of sp³-hybridized carbons (Fsp3) is 0.529. The summed E-state index contributed by atoms with van der Waals surface area (Å²) >= 11 is 0. The minimum Gasteiger partial charge on any atom is -0.491 e. The fourth-order valence-electron chi connectivity index (χ4n) is 2.45. The molecule has 1 fully saturated rings. The molecule has 0 spiro atoms. The van der Waals surface area contributed by atoms with Crippen LogP contribution in [0.2, 0.25) is 0 Å². The molecule has 120 valence electrons. The number of ether oxygens (including phenoxy) is 1. The summed E-state index contributed by atoms with van der Waals surface area (Å²) in [6.07, 6.45) is 2.36. The van der Waals surface area contributed by atoms with Gasteiger partial charge in [-0.1, -0.05) is 12.1 Å². The van der Waals surface area contributed by atoms with E-state index in [0.717, 1.165) is 24.2 Å². The quantitative estimate of drug-likeness (QED) is 0.835. The number of amides is 2. The van der Waals surface area contributed by atoms with Crippen molar-refractivity contribution >= 4 is 11.8 Å². The van der Waals surface area contributed by atoms with Crippen molar-refractivity contribution in [3.8, 4) is 5.75 Å². The topological polar surface area (TPSA) is 58.6 Å². The first-order valence-corrected chi connectivity index (χ1v) is 7.84. The van der Waals surface area contributed by atoms with E-state index >= 15 is 0 Å². The first kappa shape index (κ1) is 16.3. The number of nitrogens with zero attached hydrogens (tertiary/aromatic N) is 1. The van der Waals surface area contributed by atoms with Gasteiger partial charge < -0.3 is 15.0 Å². The molecule has 0 unspecified atom stereocenters. The molecule has 5 nitrogen and oxygen atoms in total. The number of hydrogen-bond donors (Lipinski definition) is 1. The van der Waals surface area contributed by atoms with Crippen LogP contribution in [-0.2, 0) is 16.0 Å². The molecular formula is C17H24N2O3. The third-order valence-electron chi connectivity index (χ3n) is 3.54. The van der Waals surface area contributed by atoms with Crippen LogP contribution in [0.4, 0.5) is 0 Å². The average Bonchev–Trinajstić information content (AvgIpc) is 2.85. The number of carbonyl (C=O) groups is 2. The second-order valence-electron chi connectivity index (χ2n) is 5.83. The van der Waals surface area contributed by atoms with Crippen molar-refractivity contribution in [2.24, 2.45) is 0 Å². The first-order chi connectivity index (χ1) is 10.5. The summed E-state index contributed by atoms with van der Waals surface area (Å²) < 4.78 is 5.59. The molecule has 1 aromatic rings. The van der Waals surface area contributed by atoms with Gasteiger partial charge in [-0.3, -0.25) is 9.59 Å². The summed E-state index contributed by atoms with van der Waals surface area (Å²) in [6.45, 7) is 5.44. The van der Waals surface area contributed by atoms with Gasteiger partial charge in [0.05, 0.1) is 12.6 Å². The van der Waals surface area contributed by atoms with E-state index < -0.39 is 0 Å². The maximum Gasteiger partial charge on any atom is 0.239 e. The van der Waals surface area contributed by atoms with Gasteiger partial charge in [0.25, 0.3) is 0 Å². The predicted molar refractivity (Wildman–Crippen MR) is 84.7 cm³/mol. The van der Waals surface area contributed by atoms with Gasteiger partial charge in [-0.05, 0) is 44.4 Å². The van der Waals surface area contributed by atoms with Crippen LogP contribution in [0.3, 0.4) is 0 Å². The van der Waals surface area contributed by atoms with Gasteiger partial charge in [0.15, 0.2) is 0 Å². The third kappa shape index (κ3) is 5.06. The van der Waals surface area contributed by atoms with E-state index in [1.54, 1.807) is 4.90 Å². The Bertz CT molecular complexity index is 511. The SMILES string of the molecule is CC(C)Oc1ccc(CCNC(=O)CN2CCCC2=O)cc1. The lowest BCUT2D eigenvalue weighted by Gasteiger charge is -2.15. The largest absolute Gasteiger partial charge is 0.491 e. The molecular weight excluding hydrogens is 280 g/mol. The van der Waals surface area contributed by atoms with Crippen LogP contribution in [0.15, 0.2) is 24.3 Å². The molecule has 0 bridgehead atoms. The summed E-state index contributed by atoms with van der Waals surface area (Å²) in [6, 6.07) is 7.90. The van der Waals surface area contributed by atoms with E-state index in [0.29, 0.717) is 19.5 Å². The van der Waals surface area contributed by atoms with Crippen LogP contribution in [-0.4, -0.2) is 42.5 Å². The molecule has 0 aliphatic carbocycles. The number of nitrogens with one attached hydrogen (secondary N) is 1. The van der Waals surface area contributed by atoms with Gasteiger partial charge in [-0.25, -0.2) is 0 Å². The van der Waals surface area contributed by atoms with E-state index in [-0.39, 0.29) is 24.5 Å². The molecule has 1 aliphatic heterocycles. The van der Waals surface area contributed by atoms with E-state index in [1.165, 1.54) is 0 Å². The molecule has 0 radical (unpaired) electrons. The highest BCUT2D eigenvalue weighted by atomic mass is 16.5. The summed E-state index contributed by atoms with van der Waals surface area (Å²) in [4.78, 5) is 24.9. The molecule has 0 atom stereocenters. The van der Waals surface area contributed by atoms with Crippen molar-refractivity contribution in [3.05, 3.63) is 29.8 Å². The van der Waals surface area contributed by atoms with Crippen molar-refractivity contribution < 1.29 is 14.3 Å². The third-order valence-corrected chi connectivity index (χ3v) is 3.54. The minimum atomic E-state index is -0.0880. The van der Waals surface area contributed by atoms with Crippen molar-refractivity contribution in [2.45, 2.75) is 39.2 Å². The number of carbonyl (C=O) groups excluding carboxylic acids is 2. The zero-order chi connectivity index (χ0) is 15.9. The lowest BCUT2D eigenvalue weighted by atomic mass is 10.1. The zero-order valence-electron chi connectivity index (χ0n) is 13.3. The summed E-state index contributed by atoms with van der Waals surface area (Å²) in [5, 5.41) is 2.86. The second-order valence-corrected chi connectivity index (χ2v) is 5.83. The molecule has 0 aromatic heterocycles. The van der Waals surface area contributed by atoms with Crippen LogP contribution < -0.4 is 10.1 Å². The average molecular weight is 304 g/mol. The Labute approximate surface area is 131 Å². The fourth-order valence-corrected chi connectivity index (χ4v) is 2.45. The van der Waals surface area contributed by atoms with E-state index in [1.807, 2.05) is 38.1 Å². The van der Waals surface area contributed by atoms with Gasteiger partial charge in [0.2, 0.25) is 11.8 Å². The predicted octanol–water partition coefficient (Wildman–Crippen LogP) is 1.75. The second kappa shape index (κ2) is 7.82. The lowest BCUT2D eigenvalue weighted by molar-refractivity contribution is -0.133. The molecule has 1 saturated heterocycles. The number of likely N-dealkylation sites (tertiary alicyclic amines) is 1. The molecule has 1 aliphatic rings. The van der Waals surface area contributed by atoms with E-state index in [4.69, 9.17) is 4.74 Å². The molecule has 22 heavy (non-hydrogen) atoms. The lowest BCUT2D eigenvalue weighted by Crippen LogP contribution is -2.38. The van der Waals surface area contributed by atoms with Gasteiger partial charge in [0, 0.05) is 19.5 Å². The smallest absolute Gasteiger partial charge is 0.239 e. The van der Waals surface area contributed by atoms with Gasteiger partial charge in [-0.15, -0.1) is 0 Å².